The van der Waals surface area contributed by atoms with Crippen LogP contribution >= 0.6 is 0 Å². The van der Waals surface area contributed by atoms with Crippen molar-refractivity contribution < 1.29 is 23.1 Å². The van der Waals surface area contributed by atoms with Crippen LogP contribution in [-0.2, 0) is 14.8 Å². The van der Waals surface area contributed by atoms with Crippen molar-refractivity contribution in [3.63, 3.8) is 0 Å². The van der Waals surface area contributed by atoms with Gasteiger partial charge in [-0.25, -0.2) is 8.42 Å². The Morgan fingerprint density at radius 2 is 2.04 bits per heavy atom. The van der Waals surface area contributed by atoms with Gasteiger partial charge in [0.2, 0.25) is 10.0 Å². The molecule has 2 aliphatic heterocycles. The number of carboxylic acid groups (broad SMARTS) is 1. The van der Waals surface area contributed by atoms with Crippen LogP contribution in [0.25, 0.3) is 10.8 Å². The largest absolute Gasteiger partial charge is 0.480 e. The smallest absolute Gasteiger partial charge is 0.322 e. The maximum atomic E-state index is 13.1. The third-order valence-electron chi connectivity index (χ3n) is 4.55. The number of sulfonamides is 1. The van der Waals surface area contributed by atoms with Crippen molar-refractivity contribution in [3.8, 4) is 0 Å². The van der Waals surface area contributed by atoms with Crippen molar-refractivity contribution in [1.82, 2.24) is 9.62 Å². The molecule has 0 aromatic heterocycles. The molecule has 0 spiro atoms. The van der Waals surface area contributed by atoms with Gasteiger partial charge in [-0.2, -0.15) is 4.31 Å². The zero-order valence-electron chi connectivity index (χ0n) is 13.0. The van der Waals surface area contributed by atoms with Gasteiger partial charge in [-0.3, -0.25) is 9.59 Å². The summed E-state index contributed by atoms with van der Waals surface area (Å²) in [6.45, 7) is 0.307. The summed E-state index contributed by atoms with van der Waals surface area (Å²) >= 11 is 0. The third-order valence-corrected chi connectivity index (χ3v) is 6.47. The molecule has 1 fully saturated rings. The topological polar surface area (TPSA) is 116 Å². The van der Waals surface area contributed by atoms with Crippen LogP contribution in [0.1, 0.15) is 10.4 Å². The molecular formula is C16H15N3O5S. The molecule has 2 aromatic rings. The van der Waals surface area contributed by atoms with Gasteiger partial charge in [0.1, 0.15) is 6.04 Å². The summed E-state index contributed by atoms with van der Waals surface area (Å²) in [5, 5.41) is 15.7. The maximum absolute atomic E-state index is 13.1. The van der Waals surface area contributed by atoms with Gasteiger partial charge < -0.3 is 15.7 Å². The third kappa shape index (κ3) is 2.39. The molecule has 0 bridgehead atoms. The first kappa shape index (κ1) is 16.0. The summed E-state index contributed by atoms with van der Waals surface area (Å²) in [5.41, 5.74) is 1.02. The molecule has 0 unspecified atom stereocenters. The van der Waals surface area contributed by atoms with Gasteiger partial charge in [-0.05, 0) is 18.2 Å². The molecule has 9 heteroatoms. The second-order valence-corrected chi connectivity index (χ2v) is 7.91. The molecule has 2 aromatic carbocycles. The molecule has 130 valence electrons. The van der Waals surface area contributed by atoms with E-state index in [-0.39, 0.29) is 30.4 Å². The minimum absolute atomic E-state index is 0.0793. The van der Waals surface area contributed by atoms with E-state index in [1.54, 1.807) is 24.3 Å². The van der Waals surface area contributed by atoms with Crippen molar-refractivity contribution in [1.29, 1.82) is 0 Å². The van der Waals surface area contributed by atoms with E-state index in [2.05, 4.69) is 10.6 Å². The quantitative estimate of drug-likeness (QED) is 0.731. The minimum Gasteiger partial charge on any atom is -0.480 e. The van der Waals surface area contributed by atoms with Crippen LogP contribution in [0, 0.1) is 0 Å². The number of nitrogens with one attached hydrogen (secondary N) is 2. The van der Waals surface area contributed by atoms with Gasteiger partial charge in [0.25, 0.3) is 5.91 Å². The van der Waals surface area contributed by atoms with Crippen LogP contribution in [0.5, 0.6) is 0 Å². The SMILES string of the molecule is O=C1Nc2ccc(S(=O)(=O)N3CCN[C@@H](C(=O)O)C3)c3cccc1c23. The molecular weight excluding hydrogens is 346 g/mol. The molecule has 1 atom stereocenters. The van der Waals surface area contributed by atoms with E-state index in [1.807, 2.05) is 0 Å². The Morgan fingerprint density at radius 1 is 1.24 bits per heavy atom. The van der Waals surface area contributed by atoms with Gasteiger partial charge >= 0.3 is 5.97 Å². The van der Waals surface area contributed by atoms with Crippen LogP contribution in [0.15, 0.2) is 35.2 Å². The van der Waals surface area contributed by atoms with Crippen LogP contribution in [0.3, 0.4) is 0 Å². The number of hydrogen-bond donors (Lipinski definition) is 3. The Morgan fingerprint density at radius 3 is 2.80 bits per heavy atom. The van der Waals surface area contributed by atoms with E-state index < -0.39 is 22.0 Å². The van der Waals surface area contributed by atoms with E-state index >= 15 is 0 Å². The molecule has 8 nitrogen and oxygen atoms in total. The Kier molecular flexibility index (Phi) is 3.53. The molecule has 25 heavy (non-hydrogen) atoms. The molecule has 2 aliphatic rings. The van der Waals surface area contributed by atoms with Crippen molar-refractivity contribution in [2.75, 3.05) is 25.0 Å². The molecule has 2 heterocycles. The Labute approximate surface area is 143 Å². The van der Waals surface area contributed by atoms with E-state index in [0.717, 1.165) is 0 Å². The number of anilines is 1. The number of nitrogens with zero attached hydrogens (tertiary/aromatic N) is 1. The molecule has 0 saturated carbocycles. The van der Waals surface area contributed by atoms with Crippen molar-refractivity contribution >= 4 is 38.4 Å². The standard InChI is InChI=1S/C16H15N3O5S/c20-15-10-3-1-2-9-13(5-4-11(18-15)14(9)10)25(23,24)19-7-6-17-12(8-19)16(21)22/h1-5,12,17H,6-8H2,(H,18,20)(H,21,22)/t12-/m1/s1. The second kappa shape index (κ2) is 5.51. The zero-order valence-corrected chi connectivity index (χ0v) is 13.8. The van der Waals surface area contributed by atoms with Crippen LogP contribution in [0.4, 0.5) is 5.69 Å². The predicted molar refractivity (Wildman–Crippen MR) is 90.1 cm³/mol. The number of rotatable bonds is 3. The highest BCUT2D eigenvalue weighted by Gasteiger charge is 2.35. The second-order valence-electron chi connectivity index (χ2n) is 6.00. The number of benzene rings is 2. The van der Waals surface area contributed by atoms with Gasteiger partial charge in [0, 0.05) is 41.7 Å². The number of carbonyl (C=O) groups is 2. The summed E-state index contributed by atoms with van der Waals surface area (Å²) in [5.74, 6) is -1.35. The highest BCUT2D eigenvalue weighted by atomic mass is 32.2. The number of amides is 1. The Balaban J connectivity index is 1.83. The first-order valence-electron chi connectivity index (χ1n) is 7.73. The van der Waals surface area contributed by atoms with Crippen LogP contribution in [0.2, 0.25) is 0 Å². The number of carboxylic acids is 1. The molecule has 0 aliphatic carbocycles. The summed E-state index contributed by atoms with van der Waals surface area (Å²) < 4.78 is 27.4. The van der Waals surface area contributed by atoms with Crippen LogP contribution < -0.4 is 10.6 Å². The molecule has 0 radical (unpaired) electrons. The number of carbonyl (C=O) groups excluding carboxylic acids is 1. The summed E-state index contributed by atoms with van der Waals surface area (Å²) in [6, 6.07) is 7.04. The average Bonchev–Trinajstić information content (AvgIpc) is 2.93. The fourth-order valence-electron chi connectivity index (χ4n) is 3.33. The van der Waals surface area contributed by atoms with Gasteiger partial charge in [0.05, 0.1) is 4.90 Å². The fourth-order valence-corrected chi connectivity index (χ4v) is 4.98. The highest BCUT2D eigenvalue weighted by Crippen LogP contribution is 2.37. The Hall–Kier alpha value is -2.49. The van der Waals surface area contributed by atoms with E-state index in [4.69, 9.17) is 5.11 Å². The number of piperazine rings is 1. The molecule has 4 rings (SSSR count). The van der Waals surface area contributed by atoms with Crippen LogP contribution in [-0.4, -0.2) is 55.4 Å². The lowest BCUT2D eigenvalue weighted by atomic mass is 10.1. The Bertz CT molecular complexity index is 1020. The lowest BCUT2D eigenvalue weighted by molar-refractivity contribution is -0.140. The van der Waals surface area contributed by atoms with Crippen molar-refractivity contribution in [2.24, 2.45) is 0 Å². The van der Waals surface area contributed by atoms with Crippen molar-refractivity contribution in [3.05, 3.63) is 35.9 Å². The highest BCUT2D eigenvalue weighted by molar-refractivity contribution is 7.89. The number of aliphatic carboxylic acids is 1. The molecule has 1 amide bonds. The number of hydrogen-bond acceptors (Lipinski definition) is 5. The van der Waals surface area contributed by atoms with Crippen molar-refractivity contribution in [2.45, 2.75) is 10.9 Å². The van der Waals surface area contributed by atoms with E-state index in [1.165, 1.54) is 10.4 Å². The molecule has 3 N–H and O–H groups in total. The molecule has 1 saturated heterocycles. The van der Waals surface area contributed by atoms with Gasteiger partial charge in [0.15, 0.2) is 0 Å². The lowest BCUT2D eigenvalue weighted by Crippen LogP contribution is -2.55. The minimum atomic E-state index is -3.89. The first-order chi connectivity index (χ1) is 11.9. The van der Waals surface area contributed by atoms with Gasteiger partial charge in [-0.1, -0.05) is 12.1 Å². The zero-order chi connectivity index (χ0) is 17.8. The van der Waals surface area contributed by atoms with E-state index in [9.17, 15) is 18.0 Å². The summed E-state index contributed by atoms with van der Waals surface area (Å²) in [6.07, 6.45) is 0. The summed E-state index contributed by atoms with van der Waals surface area (Å²) in [4.78, 5) is 23.2. The van der Waals surface area contributed by atoms with E-state index in [0.29, 0.717) is 22.0 Å². The fraction of sp³-hybridized carbons (Fsp3) is 0.250. The van der Waals surface area contributed by atoms with Gasteiger partial charge in [-0.15, -0.1) is 0 Å². The monoisotopic (exact) mass is 361 g/mol. The first-order valence-corrected chi connectivity index (χ1v) is 9.17. The summed E-state index contributed by atoms with van der Waals surface area (Å²) in [7, 11) is -3.89. The average molecular weight is 361 g/mol. The predicted octanol–water partition coefficient (Wildman–Crippen LogP) is 0.453. The maximum Gasteiger partial charge on any atom is 0.322 e. The normalized spacial score (nSPS) is 20.6. The lowest BCUT2D eigenvalue weighted by Gasteiger charge is -2.31.